The number of pyridine rings is 1. The van der Waals surface area contributed by atoms with Crippen molar-refractivity contribution in [3.8, 4) is 5.88 Å². The summed E-state index contributed by atoms with van der Waals surface area (Å²) in [5, 5.41) is 0. The predicted molar refractivity (Wildman–Crippen MR) is 68.3 cm³/mol. The van der Waals surface area contributed by atoms with E-state index < -0.39 is 6.61 Å². The highest BCUT2D eigenvalue weighted by molar-refractivity contribution is 5.17. The molecule has 2 rings (SSSR count). The van der Waals surface area contributed by atoms with Gasteiger partial charge in [-0.15, -0.1) is 0 Å². The second-order valence-electron chi connectivity index (χ2n) is 4.59. The molecule has 19 heavy (non-hydrogen) atoms. The molecule has 1 saturated heterocycles. The standard InChI is InChI=1S/C13H19F2N3O/c1-2-17-5-7-18(8-6-17)10-11-3-4-12(16-9-11)19-13(14)15/h3-4,9,13H,2,5-8,10H2,1H3. The van der Waals surface area contributed by atoms with Crippen LogP contribution in [0.2, 0.25) is 0 Å². The Morgan fingerprint density at radius 2 is 1.89 bits per heavy atom. The second kappa shape index (κ2) is 6.77. The summed E-state index contributed by atoms with van der Waals surface area (Å²) in [6.45, 7) is 5.47. The maximum Gasteiger partial charge on any atom is 0.388 e. The Balaban J connectivity index is 1.83. The van der Waals surface area contributed by atoms with Crippen LogP contribution in [-0.4, -0.2) is 54.1 Å². The van der Waals surface area contributed by atoms with Crippen LogP contribution in [0.25, 0.3) is 0 Å². The third kappa shape index (κ3) is 4.40. The van der Waals surface area contributed by atoms with Crippen molar-refractivity contribution >= 4 is 0 Å². The molecular formula is C13H19F2N3O. The molecule has 6 heteroatoms. The van der Waals surface area contributed by atoms with Crippen LogP contribution >= 0.6 is 0 Å². The molecule has 0 N–H and O–H groups in total. The van der Waals surface area contributed by atoms with Gasteiger partial charge >= 0.3 is 6.61 Å². The van der Waals surface area contributed by atoms with Gasteiger partial charge in [0, 0.05) is 45.0 Å². The summed E-state index contributed by atoms with van der Waals surface area (Å²) in [7, 11) is 0. The van der Waals surface area contributed by atoms with Crippen LogP contribution in [-0.2, 0) is 6.54 Å². The fraction of sp³-hybridized carbons (Fsp3) is 0.615. The first-order valence-electron chi connectivity index (χ1n) is 6.52. The number of piperazine rings is 1. The van der Waals surface area contributed by atoms with Gasteiger partial charge in [0.1, 0.15) is 0 Å². The predicted octanol–water partition coefficient (Wildman–Crippen LogP) is 1.82. The lowest BCUT2D eigenvalue weighted by atomic mass is 10.2. The third-order valence-electron chi connectivity index (χ3n) is 3.33. The highest BCUT2D eigenvalue weighted by Gasteiger charge is 2.15. The molecule has 2 heterocycles. The molecule has 0 spiro atoms. The van der Waals surface area contributed by atoms with E-state index in [1.54, 1.807) is 12.3 Å². The molecule has 0 amide bonds. The van der Waals surface area contributed by atoms with Crippen molar-refractivity contribution in [3.63, 3.8) is 0 Å². The Morgan fingerprint density at radius 3 is 2.42 bits per heavy atom. The molecular weight excluding hydrogens is 252 g/mol. The van der Waals surface area contributed by atoms with Gasteiger partial charge in [-0.05, 0) is 12.1 Å². The molecule has 0 atom stereocenters. The van der Waals surface area contributed by atoms with E-state index in [9.17, 15) is 8.78 Å². The van der Waals surface area contributed by atoms with E-state index in [4.69, 9.17) is 0 Å². The van der Waals surface area contributed by atoms with Crippen molar-refractivity contribution in [2.45, 2.75) is 20.1 Å². The zero-order valence-electron chi connectivity index (χ0n) is 11.1. The second-order valence-corrected chi connectivity index (χ2v) is 4.59. The number of alkyl halides is 2. The molecule has 0 unspecified atom stereocenters. The summed E-state index contributed by atoms with van der Waals surface area (Å²) >= 11 is 0. The Labute approximate surface area is 112 Å². The monoisotopic (exact) mass is 271 g/mol. The van der Waals surface area contributed by atoms with Crippen molar-refractivity contribution in [2.75, 3.05) is 32.7 Å². The first kappa shape index (κ1) is 14.1. The summed E-state index contributed by atoms with van der Waals surface area (Å²) in [6, 6.07) is 3.28. The van der Waals surface area contributed by atoms with Crippen LogP contribution in [0.3, 0.4) is 0 Å². The maximum absolute atomic E-state index is 12.0. The van der Waals surface area contributed by atoms with Gasteiger partial charge in [0.2, 0.25) is 5.88 Å². The number of halogens is 2. The van der Waals surface area contributed by atoms with Crippen molar-refractivity contribution in [2.24, 2.45) is 0 Å². The lowest BCUT2D eigenvalue weighted by Gasteiger charge is -2.33. The lowest BCUT2D eigenvalue weighted by molar-refractivity contribution is -0.0528. The van der Waals surface area contributed by atoms with E-state index >= 15 is 0 Å². The van der Waals surface area contributed by atoms with Gasteiger partial charge in [-0.1, -0.05) is 13.0 Å². The lowest BCUT2D eigenvalue weighted by Crippen LogP contribution is -2.45. The summed E-state index contributed by atoms with van der Waals surface area (Å²) in [5.41, 5.74) is 1.02. The Hall–Kier alpha value is -1.27. The zero-order chi connectivity index (χ0) is 13.7. The summed E-state index contributed by atoms with van der Waals surface area (Å²) < 4.78 is 28.2. The van der Waals surface area contributed by atoms with Crippen LogP contribution in [0.5, 0.6) is 5.88 Å². The van der Waals surface area contributed by atoms with Crippen LogP contribution in [0, 0.1) is 0 Å². The highest BCUT2D eigenvalue weighted by Crippen LogP contribution is 2.13. The molecule has 0 saturated carbocycles. The molecule has 0 bridgehead atoms. The summed E-state index contributed by atoms with van der Waals surface area (Å²) in [4.78, 5) is 8.63. The maximum atomic E-state index is 12.0. The molecule has 4 nitrogen and oxygen atoms in total. The van der Waals surface area contributed by atoms with E-state index in [0.29, 0.717) is 0 Å². The number of ether oxygens (including phenoxy) is 1. The van der Waals surface area contributed by atoms with Gasteiger partial charge in [-0.2, -0.15) is 8.78 Å². The Bertz CT molecular complexity index is 378. The number of likely N-dealkylation sites (N-methyl/N-ethyl adjacent to an activating group) is 1. The van der Waals surface area contributed by atoms with Gasteiger partial charge in [0.15, 0.2) is 0 Å². The van der Waals surface area contributed by atoms with Crippen molar-refractivity contribution < 1.29 is 13.5 Å². The van der Waals surface area contributed by atoms with Gasteiger partial charge < -0.3 is 9.64 Å². The van der Waals surface area contributed by atoms with Crippen LogP contribution < -0.4 is 4.74 Å². The van der Waals surface area contributed by atoms with E-state index in [2.05, 4.69) is 26.4 Å². The minimum Gasteiger partial charge on any atom is -0.417 e. The number of nitrogens with zero attached hydrogens (tertiary/aromatic N) is 3. The third-order valence-corrected chi connectivity index (χ3v) is 3.33. The molecule has 106 valence electrons. The van der Waals surface area contributed by atoms with E-state index in [1.165, 1.54) is 6.07 Å². The van der Waals surface area contributed by atoms with Crippen LogP contribution in [0.15, 0.2) is 18.3 Å². The topological polar surface area (TPSA) is 28.6 Å². The number of hydrogen-bond donors (Lipinski definition) is 0. The highest BCUT2D eigenvalue weighted by atomic mass is 19.3. The average molecular weight is 271 g/mol. The Morgan fingerprint density at radius 1 is 1.21 bits per heavy atom. The molecule has 1 aromatic heterocycles. The number of aromatic nitrogens is 1. The molecule has 1 aliphatic heterocycles. The smallest absolute Gasteiger partial charge is 0.388 e. The SMILES string of the molecule is CCN1CCN(Cc2ccc(OC(F)F)nc2)CC1. The fourth-order valence-corrected chi connectivity index (χ4v) is 2.19. The molecule has 0 aliphatic carbocycles. The molecule has 1 aromatic rings. The van der Waals surface area contributed by atoms with Gasteiger partial charge in [0.25, 0.3) is 0 Å². The van der Waals surface area contributed by atoms with Gasteiger partial charge in [-0.25, -0.2) is 4.98 Å². The van der Waals surface area contributed by atoms with Crippen LogP contribution in [0.4, 0.5) is 8.78 Å². The van der Waals surface area contributed by atoms with Crippen molar-refractivity contribution in [3.05, 3.63) is 23.9 Å². The minimum atomic E-state index is -2.82. The van der Waals surface area contributed by atoms with E-state index in [1.807, 2.05) is 0 Å². The molecule has 0 aromatic carbocycles. The molecule has 1 aliphatic rings. The Kier molecular flexibility index (Phi) is 5.04. The number of rotatable bonds is 5. The minimum absolute atomic E-state index is 0.0328. The normalized spacial score (nSPS) is 17.9. The summed E-state index contributed by atoms with van der Waals surface area (Å²) in [6.07, 6.45) is 1.60. The molecule has 1 fully saturated rings. The van der Waals surface area contributed by atoms with Crippen molar-refractivity contribution in [1.82, 2.24) is 14.8 Å². The number of hydrogen-bond acceptors (Lipinski definition) is 4. The zero-order valence-corrected chi connectivity index (χ0v) is 11.1. The van der Waals surface area contributed by atoms with Crippen LogP contribution in [0.1, 0.15) is 12.5 Å². The average Bonchev–Trinajstić information content (AvgIpc) is 2.41. The first-order chi connectivity index (χ1) is 9.17. The van der Waals surface area contributed by atoms with E-state index in [0.717, 1.165) is 44.8 Å². The van der Waals surface area contributed by atoms with E-state index in [-0.39, 0.29) is 5.88 Å². The van der Waals surface area contributed by atoms with Gasteiger partial charge in [-0.3, -0.25) is 4.90 Å². The quantitative estimate of drug-likeness (QED) is 0.817. The van der Waals surface area contributed by atoms with Gasteiger partial charge in [0.05, 0.1) is 0 Å². The fourth-order valence-electron chi connectivity index (χ4n) is 2.19. The summed E-state index contributed by atoms with van der Waals surface area (Å²) in [5.74, 6) is -0.0328. The van der Waals surface area contributed by atoms with Crippen molar-refractivity contribution in [1.29, 1.82) is 0 Å². The largest absolute Gasteiger partial charge is 0.417 e. The first-order valence-corrected chi connectivity index (χ1v) is 6.52. The molecule has 0 radical (unpaired) electrons.